The molecule has 2 aromatic rings. The number of ether oxygens (including phenoxy) is 1. The molecule has 0 saturated carbocycles. The molecule has 108 valence electrons. The van der Waals surface area contributed by atoms with Crippen LogP contribution in [0.2, 0.25) is 0 Å². The van der Waals surface area contributed by atoms with Gasteiger partial charge in [0.25, 0.3) is 0 Å². The van der Waals surface area contributed by atoms with Gasteiger partial charge in [0.05, 0.1) is 12.2 Å². The Labute approximate surface area is 116 Å². The molecule has 1 aromatic carbocycles. The lowest BCUT2D eigenvalue weighted by Gasteiger charge is -2.10. The fourth-order valence-corrected chi connectivity index (χ4v) is 1.90. The second-order valence-electron chi connectivity index (χ2n) is 4.31. The third-order valence-electron chi connectivity index (χ3n) is 2.77. The fourth-order valence-electron chi connectivity index (χ4n) is 1.90. The first kappa shape index (κ1) is 14.3. The first-order chi connectivity index (χ1) is 9.69. The number of hydrogen-bond donors (Lipinski definition) is 1. The third kappa shape index (κ3) is 3.94. The molecule has 4 nitrogen and oxygen atoms in total. The van der Waals surface area contributed by atoms with Crippen molar-refractivity contribution in [1.29, 1.82) is 0 Å². The molecule has 0 unspecified atom stereocenters. The molecule has 1 N–H and O–H groups in total. The lowest BCUT2D eigenvalue weighted by molar-refractivity contribution is -0.0498. The summed E-state index contributed by atoms with van der Waals surface area (Å²) in [4.78, 5) is 0. The zero-order chi connectivity index (χ0) is 14.4. The Kier molecular flexibility index (Phi) is 4.92. The van der Waals surface area contributed by atoms with E-state index in [0.717, 1.165) is 24.3 Å². The van der Waals surface area contributed by atoms with Gasteiger partial charge in [0.15, 0.2) is 0 Å². The molecule has 0 aliphatic heterocycles. The van der Waals surface area contributed by atoms with Crippen molar-refractivity contribution in [3.8, 4) is 5.75 Å². The number of halogens is 2. The maximum absolute atomic E-state index is 12.1. The van der Waals surface area contributed by atoms with Crippen molar-refractivity contribution in [2.45, 2.75) is 33.0 Å². The summed E-state index contributed by atoms with van der Waals surface area (Å²) in [6.07, 6.45) is 2.76. The van der Waals surface area contributed by atoms with E-state index in [1.165, 1.54) is 6.07 Å². The van der Waals surface area contributed by atoms with Crippen molar-refractivity contribution in [3.05, 3.63) is 42.2 Å². The van der Waals surface area contributed by atoms with Crippen molar-refractivity contribution < 1.29 is 13.5 Å². The normalized spacial score (nSPS) is 10.8. The molecule has 20 heavy (non-hydrogen) atoms. The highest BCUT2D eigenvalue weighted by Gasteiger charge is 2.05. The summed E-state index contributed by atoms with van der Waals surface area (Å²) < 4.78 is 30.6. The minimum Gasteiger partial charge on any atom is -0.435 e. The topological polar surface area (TPSA) is 39.1 Å². The maximum atomic E-state index is 12.1. The van der Waals surface area contributed by atoms with Crippen molar-refractivity contribution in [3.63, 3.8) is 0 Å². The van der Waals surface area contributed by atoms with Crippen LogP contribution in [-0.2, 0) is 13.1 Å². The monoisotopic (exact) mass is 281 g/mol. The van der Waals surface area contributed by atoms with Crippen LogP contribution in [0.1, 0.15) is 19.0 Å². The Balaban J connectivity index is 1.98. The van der Waals surface area contributed by atoms with Crippen LogP contribution in [0.3, 0.4) is 0 Å². The van der Waals surface area contributed by atoms with Crippen LogP contribution in [0, 0.1) is 0 Å². The molecule has 0 aliphatic carbocycles. The largest absolute Gasteiger partial charge is 0.435 e. The number of nitrogens with zero attached hydrogens (tertiary/aromatic N) is 2. The van der Waals surface area contributed by atoms with E-state index in [1.807, 2.05) is 10.7 Å². The Morgan fingerprint density at radius 3 is 2.95 bits per heavy atom. The van der Waals surface area contributed by atoms with Crippen LogP contribution in [0.15, 0.2) is 36.5 Å². The van der Waals surface area contributed by atoms with E-state index in [1.54, 1.807) is 24.4 Å². The first-order valence-electron chi connectivity index (χ1n) is 6.48. The quantitative estimate of drug-likeness (QED) is 0.844. The summed E-state index contributed by atoms with van der Waals surface area (Å²) in [5.74, 6) is 0.145. The average molecular weight is 281 g/mol. The molecule has 0 fully saturated rings. The van der Waals surface area contributed by atoms with Gasteiger partial charge in [-0.3, -0.25) is 4.68 Å². The van der Waals surface area contributed by atoms with Gasteiger partial charge in [-0.05, 0) is 24.6 Å². The summed E-state index contributed by atoms with van der Waals surface area (Å²) in [5, 5.41) is 7.40. The molecule has 0 atom stereocenters. The van der Waals surface area contributed by atoms with Crippen molar-refractivity contribution in [1.82, 2.24) is 9.78 Å². The number of rotatable bonds is 7. The Morgan fingerprint density at radius 2 is 2.20 bits per heavy atom. The van der Waals surface area contributed by atoms with E-state index < -0.39 is 6.61 Å². The van der Waals surface area contributed by atoms with E-state index in [-0.39, 0.29) is 5.75 Å². The standard InChI is InChI=1S/C14H17F2N3O/c1-2-8-19-12(6-7-18-19)10-17-11-4-3-5-13(9-11)20-14(15)16/h3-7,9,14,17H,2,8,10H2,1H3. The molecule has 1 heterocycles. The van der Waals surface area contributed by atoms with Gasteiger partial charge in [0.2, 0.25) is 0 Å². The molecule has 0 saturated heterocycles. The Morgan fingerprint density at radius 1 is 1.35 bits per heavy atom. The smallest absolute Gasteiger partial charge is 0.387 e. The van der Waals surface area contributed by atoms with E-state index >= 15 is 0 Å². The van der Waals surface area contributed by atoms with Crippen LogP contribution in [0.4, 0.5) is 14.5 Å². The summed E-state index contributed by atoms with van der Waals surface area (Å²) in [6.45, 7) is 0.719. The third-order valence-corrected chi connectivity index (χ3v) is 2.77. The predicted octanol–water partition coefficient (Wildman–Crippen LogP) is 3.51. The predicted molar refractivity (Wildman–Crippen MR) is 72.9 cm³/mol. The summed E-state index contributed by atoms with van der Waals surface area (Å²) in [5.41, 5.74) is 1.78. The van der Waals surface area contributed by atoms with Crippen LogP contribution in [-0.4, -0.2) is 16.4 Å². The average Bonchev–Trinajstić information content (AvgIpc) is 2.84. The lowest BCUT2D eigenvalue weighted by atomic mass is 10.3. The van der Waals surface area contributed by atoms with Gasteiger partial charge in [0.1, 0.15) is 5.75 Å². The summed E-state index contributed by atoms with van der Waals surface area (Å²) in [6, 6.07) is 8.45. The zero-order valence-corrected chi connectivity index (χ0v) is 11.2. The summed E-state index contributed by atoms with van der Waals surface area (Å²) in [7, 11) is 0. The number of nitrogens with one attached hydrogen (secondary N) is 1. The van der Waals surface area contributed by atoms with E-state index in [4.69, 9.17) is 0 Å². The number of aryl methyl sites for hydroxylation is 1. The molecule has 0 spiro atoms. The Bertz CT molecular complexity index is 543. The fraction of sp³-hybridized carbons (Fsp3) is 0.357. The minimum absolute atomic E-state index is 0.145. The number of anilines is 1. The molecule has 0 radical (unpaired) electrons. The molecule has 0 aliphatic rings. The highest BCUT2D eigenvalue weighted by molar-refractivity contribution is 5.48. The molecule has 6 heteroatoms. The highest BCUT2D eigenvalue weighted by atomic mass is 19.3. The number of aromatic nitrogens is 2. The molecule has 2 rings (SSSR count). The number of alkyl halides is 2. The second-order valence-corrected chi connectivity index (χ2v) is 4.31. The number of hydrogen-bond acceptors (Lipinski definition) is 3. The van der Waals surface area contributed by atoms with Gasteiger partial charge in [-0.1, -0.05) is 13.0 Å². The molecule has 0 amide bonds. The van der Waals surface area contributed by atoms with Crippen molar-refractivity contribution in [2.75, 3.05) is 5.32 Å². The van der Waals surface area contributed by atoms with Crippen LogP contribution < -0.4 is 10.1 Å². The van der Waals surface area contributed by atoms with Crippen LogP contribution in [0.25, 0.3) is 0 Å². The van der Waals surface area contributed by atoms with E-state index in [9.17, 15) is 8.78 Å². The molecular weight excluding hydrogens is 264 g/mol. The zero-order valence-electron chi connectivity index (χ0n) is 11.2. The van der Waals surface area contributed by atoms with Crippen LogP contribution >= 0.6 is 0 Å². The molecule has 1 aromatic heterocycles. The van der Waals surface area contributed by atoms with Gasteiger partial charge in [0, 0.05) is 24.5 Å². The molecular formula is C14H17F2N3O. The highest BCUT2D eigenvalue weighted by Crippen LogP contribution is 2.19. The van der Waals surface area contributed by atoms with Gasteiger partial charge in [-0.2, -0.15) is 13.9 Å². The minimum atomic E-state index is -2.81. The number of benzene rings is 1. The van der Waals surface area contributed by atoms with Gasteiger partial charge < -0.3 is 10.1 Å². The van der Waals surface area contributed by atoms with E-state index in [2.05, 4.69) is 22.1 Å². The lowest BCUT2D eigenvalue weighted by Crippen LogP contribution is -2.09. The molecule has 0 bridgehead atoms. The van der Waals surface area contributed by atoms with E-state index in [0.29, 0.717) is 6.54 Å². The first-order valence-corrected chi connectivity index (χ1v) is 6.48. The van der Waals surface area contributed by atoms with Gasteiger partial charge in [-0.25, -0.2) is 0 Å². The van der Waals surface area contributed by atoms with Gasteiger partial charge >= 0.3 is 6.61 Å². The summed E-state index contributed by atoms with van der Waals surface area (Å²) >= 11 is 0. The SMILES string of the molecule is CCCn1nccc1CNc1cccc(OC(F)F)c1. The van der Waals surface area contributed by atoms with Gasteiger partial charge in [-0.15, -0.1) is 0 Å². The van der Waals surface area contributed by atoms with Crippen LogP contribution in [0.5, 0.6) is 5.75 Å². The van der Waals surface area contributed by atoms with Crippen molar-refractivity contribution >= 4 is 5.69 Å². The maximum Gasteiger partial charge on any atom is 0.387 e. The Hall–Kier alpha value is -2.11. The van der Waals surface area contributed by atoms with Crippen molar-refractivity contribution in [2.24, 2.45) is 0 Å². The second kappa shape index (κ2) is 6.88.